The fraction of sp³-hybridized carbons (Fsp3) is 0.346. The van der Waals surface area contributed by atoms with Crippen LogP contribution in [0.4, 0.5) is 5.82 Å². The number of nitriles is 1. The summed E-state index contributed by atoms with van der Waals surface area (Å²) in [6.07, 6.45) is 1.22. The second kappa shape index (κ2) is 9.67. The zero-order valence-corrected chi connectivity index (χ0v) is 22.4. The molecular formula is C26H25Cl2N5O3S. The Balaban J connectivity index is 1.51. The summed E-state index contributed by atoms with van der Waals surface area (Å²) >= 11 is 12.3. The van der Waals surface area contributed by atoms with E-state index >= 15 is 0 Å². The largest absolute Gasteiger partial charge is 0.343 e. The van der Waals surface area contributed by atoms with Crippen molar-refractivity contribution in [2.24, 2.45) is 0 Å². The van der Waals surface area contributed by atoms with Gasteiger partial charge in [0, 0.05) is 17.6 Å². The highest BCUT2D eigenvalue weighted by Crippen LogP contribution is 2.38. The lowest BCUT2D eigenvalue weighted by Gasteiger charge is -2.27. The normalized spacial score (nSPS) is 20.4. The smallest absolute Gasteiger partial charge is 0.244 e. The van der Waals surface area contributed by atoms with Crippen LogP contribution in [0.2, 0.25) is 10.0 Å². The third-order valence-corrected chi connectivity index (χ3v) is 9.78. The third kappa shape index (κ3) is 5.06. The van der Waals surface area contributed by atoms with E-state index in [1.54, 1.807) is 39.9 Å². The van der Waals surface area contributed by atoms with Crippen LogP contribution in [-0.4, -0.2) is 47.5 Å². The molecule has 5 rings (SSSR count). The molecule has 11 heteroatoms. The lowest BCUT2D eigenvalue weighted by atomic mass is 10.1. The van der Waals surface area contributed by atoms with Crippen molar-refractivity contribution in [1.82, 2.24) is 15.1 Å². The van der Waals surface area contributed by atoms with Gasteiger partial charge in [-0.2, -0.15) is 10.4 Å². The molecule has 0 unspecified atom stereocenters. The third-order valence-electron chi connectivity index (χ3n) is 6.89. The molecule has 1 aromatic heterocycles. The van der Waals surface area contributed by atoms with Gasteiger partial charge >= 0.3 is 0 Å². The maximum Gasteiger partial charge on any atom is 0.244 e. The van der Waals surface area contributed by atoms with Crippen LogP contribution in [0.15, 0.2) is 59.5 Å². The Kier molecular flexibility index (Phi) is 6.69. The number of halogens is 2. The molecule has 2 aromatic carbocycles. The molecule has 0 bridgehead atoms. The molecule has 192 valence electrons. The van der Waals surface area contributed by atoms with E-state index in [-0.39, 0.29) is 28.8 Å². The van der Waals surface area contributed by atoms with Crippen LogP contribution < -0.4 is 10.2 Å². The van der Waals surface area contributed by atoms with Crippen LogP contribution in [-0.2, 0) is 21.2 Å². The molecular weight excluding hydrogens is 533 g/mol. The molecule has 2 atom stereocenters. The van der Waals surface area contributed by atoms with Crippen LogP contribution in [0.5, 0.6) is 0 Å². The number of sulfone groups is 1. The Morgan fingerprint density at radius 1 is 1.19 bits per heavy atom. The second-order valence-electron chi connectivity index (χ2n) is 9.61. The molecule has 8 nitrogen and oxygen atoms in total. The molecule has 3 aromatic rings. The first-order valence-electron chi connectivity index (χ1n) is 11.9. The standard InChI is InChI=1S/C26H25Cl2N5O3S/c1-17-12-24(33(31-17)14-18-6-8-19(27)9-7-18)32-15-20(37(35,36)23-5-3-2-4-21(23)28)13-22(32)25(34)30-26(16-29)10-11-26/h2-9,12,20,22H,10-11,13-15H2,1H3,(H,30,34)/t20-,22+/m1/s1. The Labute approximate surface area is 225 Å². The maximum absolute atomic E-state index is 13.6. The molecule has 2 fully saturated rings. The number of aryl methyl sites for hydroxylation is 1. The van der Waals surface area contributed by atoms with Crippen molar-refractivity contribution in [3.8, 4) is 6.07 Å². The quantitative estimate of drug-likeness (QED) is 0.467. The lowest BCUT2D eigenvalue weighted by Crippen LogP contribution is -2.48. The van der Waals surface area contributed by atoms with E-state index < -0.39 is 26.7 Å². The summed E-state index contributed by atoms with van der Waals surface area (Å²) < 4.78 is 29.0. The van der Waals surface area contributed by atoms with Crippen molar-refractivity contribution in [2.75, 3.05) is 11.4 Å². The zero-order chi connectivity index (χ0) is 26.4. The number of nitrogens with zero attached hydrogens (tertiary/aromatic N) is 4. The number of nitrogens with one attached hydrogen (secondary N) is 1. The van der Waals surface area contributed by atoms with Gasteiger partial charge in [0.1, 0.15) is 17.4 Å². The molecule has 1 aliphatic heterocycles. The minimum atomic E-state index is -3.84. The number of amides is 1. The minimum absolute atomic E-state index is 0.0456. The summed E-state index contributed by atoms with van der Waals surface area (Å²) in [5, 5.41) is 16.9. The molecule has 0 radical (unpaired) electrons. The van der Waals surface area contributed by atoms with Crippen LogP contribution in [0.1, 0.15) is 30.5 Å². The van der Waals surface area contributed by atoms with Gasteiger partial charge in [0.15, 0.2) is 9.84 Å². The number of benzene rings is 2. The average molecular weight is 558 g/mol. The van der Waals surface area contributed by atoms with Gasteiger partial charge in [-0.1, -0.05) is 47.5 Å². The van der Waals surface area contributed by atoms with Crippen molar-refractivity contribution < 1.29 is 13.2 Å². The highest BCUT2D eigenvalue weighted by molar-refractivity contribution is 7.92. The number of hydrogen-bond acceptors (Lipinski definition) is 6. The summed E-state index contributed by atoms with van der Waals surface area (Å²) in [5.41, 5.74) is 0.814. The monoisotopic (exact) mass is 557 g/mol. The van der Waals surface area contributed by atoms with Gasteiger partial charge in [-0.3, -0.25) is 4.79 Å². The van der Waals surface area contributed by atoms with E-state index in [2.05, 4.69) is 16.5 Å². The van der Waals surface area contributed by atoms with Crippen LogP contribution in [0.3, 0.4) is 0 Å². The number of carbonyl (C=O) groups is 1. The van der Waals surface area contributed by atoms with Gasteiger partial charge in [-0.05, 0) is 56.0 Å². The molecule has 0 spiro atoms. The highest BCUT2D eigenvalue weighted by Gasteiger charge is 2.50. The van der Waals surface area contributed by atoms with E-state index in [0.717, 1.165) is 11.3 Å². The topological polar surface area (TPSA) is 108 Å². The van der Waals surface area contributed by atoms with Gasteiger partial charge in [-0.15, -0.1) is 0 Å². The summed E-state index contributed by atoms with van der Waals surface area (Å²) in [6.45, 7) is 2.34. The second-order valence-corrected chi connectivity index (χ2v) is 12.7. The van der Waals surface area contributed by atoms with E-state index in [1.165, 1.54) is 6.07 Å². The minimum Gasteiger partial charge on any atom is -0.343 e. The number of carbonyl (C=O) groups excluding carboxylic acids is 1. The average Bonchev–Trinajstić information content (AvgIpc) is 3.32. The highest BCUT2D eigenvalue weighted by atomic mass is 35.5. The van der Waals surface area contributed by atoms with E-state index in [1.807, 2.05) is 25.1 Å². The Morgan fingerprint density at radius 3 is 2.54 bits per heavy atom. The summed E-state index contributed by atoms with van der Waals surface area (Å²) in [7, 11) is -3.84. The van der Waals surface area contributed by atoms with E-state index in [9.17, 15) is 18.5 Å². The Morgan fingerprint density at radius 2 is 1.89 bits per heavy atom. The predicted octanol–water partition coefficient (Wildman–Crippen LogP) is 4.14. The molecule has 37 heavy (non-hydrogen) atoms. The first kappa shape index (κ1) is 25.6. The molecule has 2 aliphatic rings. The van der Waals surface area contributed by atoms with Gasteiger partial charge in [0.05, 0.1) is 33.5 Å². The molecule has 1 N–H and O–H groups in total. The van der Waals surface area contributed by atoms with Gasteiger partial charge in [-0.25, -0.2) is 13.1 Å². The number of aromatic nitrogens is 2. The molecule has 1 aliphatic carbocycles. The first-order chi connectivity index (χ1) is 17.6. The van der Waals surface area contributed by atoms with E-state index in [0.29, 0.717) is 30.2 Å². The van der Waals surface area contributed by atoms with Crippen LogP contribution in [0.25, 0.3) is 0 Å². The van der Waals surface area contributed by atoms with Gasteiger partial charge in [0.2, 0.25) is 5.91 Å². The first-order valence-corrected chi connectivity index (χ1v) is 14.2. The SMILES string of the molecule is Cc1cc(N2C[C@H](S(=O)(=O)c3ccccc3Cl)C[C@H]2C(=O)NC2(C#N)CC2)n(Cc2ccc(Cl)cc2)n1. The van der Waals surface area contributed by atoms with Crippen LogP contribution in [0, 0.1) is 18.3 Å². The Hall–Kier alpha value is -3.06. The molecule has 1 saturated carbocycles. The summed E-state index contributed by atoms with van der Waals surface area (Å²) in [5.74, 6) is 0.263. The Bertz CT molecular complexity index is 1490. The van der Waals surface area contributed by atoms with Gasteiger partial charge in [0.25, 0.3) is 0 Å². The van der Waals surface area contributed by atoms with E-state index in [4.69, 9.17) is 23.2 Å². The van der Waals surface area contributed by atoms with Crippen molar-refractivity contribution in [2.45, 2.75) is 54.5 Å². The summed E-state index contributed by atoms with van der Waals surface area (Å²) in [4.78, 5) is 15.3. The van der Waals surface area contributed by atoms with Crippen molar-refractivity contribution in [1.29, 1.82) is 5.26 Å². The van der Waals surface area contributed by atoms with Crippen LogP contribution >= 0.6 is 23.2 Å². The van der Waals surface area contributed by atoms with Crippen molar-refractivity contribution in [3.05, 3.63) is 75.9 Å². The molecule has 1 amide bonds. The predicted molar refractivity (Wildman–Crippen MR) is 141 cm³/mol. The number of rotatable bonds is 7. The molecule has 2 heterocycles. The van der Waals surface area contributed by atoms with Gasteiger partial charge < -0.3 is 10.2 Å². The van der Waals surface area contributed by atoms with Crippen molar-refractivity contribution in [3.63, 3.8) is 0 Å². The number of hydrogen-bond donors (Lipinski definition) is 1. The van der Waals surface area contributed by atoms with Crippen molar-refractivity contribution >= 4 is 44.8 Å². The molecule has 1 saturated heterocycles. The fourth-order valence-electron chi connectivity index (χ4n) is 4.73. The number of anilines is 1. The maximum atomic E-state index is 13.6. The summed E-state index contributed by atoms with van der Waals surface area (Å²) in [6, 6.07) is 16.9. The zero-order valence-electron chi connectivity index (χ0n) is 20.1. The lowest BCUT2D eigenvalue weighted by molar-refractivity contribution is -0.122. The fourth-order valence-corrected chi connectivity index (χ4v) is 7.07.